The van der Waals surface area contributed by atoms with Gasteiger partial charge in [0.1, 0.15) is 9.63 Å². The van der Waals surface area contributed by atoms with Crippen molar-refractivity contribution in [3.63, 3.8) is 0 Å². The van der Waals surface area contributed by atoms with Crippen LogP contribution >= 0.6 is 27.5 Å². The topological polar surface area (TPSA) is 78.5 Å². The monoisotopic (exact) mass is 413 g/mol. The van der Waals surface area contributed by atoms with Crippen molar-refractivity contribution >= 4 is 61.6 Å². The summed E-state index contributed by atoms with van der Waals surface area (Å²) in [6.07, 6.45) is 1.55. The van der Waals surface area contributed by atoms with Crippen molar-refractivity contribution in [3.8, 4) is 0 Å². The molecule has 25 heavy (non-hydrogen) atoms. The molecule has 123 valence electrons. The maximum Gasteiger partial charge on any atom is 0.229 e. The summed E-state index contributed by atoms with van der Waals surface area (Å²) >= 11 is 9.60. The van der Waals surface area contributed by atoms with Crippen LogP contribution in [0.1, 0.15) is 0 Å². The predicted octanol–water partition coefficient (Wildman–Crippen LogP) is 5.06. The average Bonchev–Trinajstić information content (AvgIpc) is 3.00. The van der Waals surface area contributed by atoms with Gasteiger partial charge in [0.25, 0.3) is 0 Å². The van der Waals surface area contributed by atoms with Gasteiger partial charge in [-0.1, -0.05) is 29.8 Å². The molecule has 3 N–H and O–H groups in total. The number of benzene rings is 2. The minimum Gasteiger partial charge on any atom is -0.338 e. The Labute approximate surface area is 156 Å². The third-order valence-electron chi connectivity index (χ3n) is 3.48. The number of hydrogen-bond acceptors (Lipinski definition) is 5. The molecule has 2 heterocycles. The van der Waals surface area contributed by atoms with E-state index in [0.717, 1.165) is 26.9 Å². The van der Waals surface area contributed by atoms with Crippen molar-refractivity contribution in [3.05, 3.63) is 64.4 Å². The Hall–Kier alpha value is -2.64. The lowest BCUT2D eigenvalue weighted by Gasteiger charge is -2.10. The highest BCUT2D eigenvalue weighted by molar-refractivity contribution is 9.10. The van der Waals surface area contributed by atoms with E-state index in [1.807, 2.05) is 42.5 Å². The van der Waals surface area contributed by atoms with E-state index in [4.69, 9.17) is 11.6 Å². The molecule has 2 aromatic carbocycles. The highest BCUT2D eigenvalue weighted by atomic mass is 79.9. The standard InChI is InChI=1S/C17H11BrClN6/c18-15-12-8-11(6-7-14(12)24-25-15)22-17-20-9-13(19)16(23-17)21-10-4-2-1-3-5-10/h1-4,6-9H,(H,24,25)(H2,20,21,22,23). The molecule has 0 aliphatic heterocycles. The Morgan fingerprint density at radius 2 is 2.08 bits per heavy atom. The molecule has 4 rings (SSSR count). The summed E-state index contributed by atoms with van der Waals surface area (Å²) in [6.45, 7) is 0. The van der Waals surface area contributed by atoms with Gasteiger partial charge in [-0.25, -0.2) is 4.98 Å². The third-order valence-corrected chi connectivity index (χ3v) is 4.36. The Balaban J connectivity index is 1.61. The number of nitrogens with one attached hydrogen (secondary N) is 3. The van der Waals surface area contributed by atoms with Gasteiger partial charge in [0.2, 0.25) is 5.95 Å². The minimum atomic E-state index is 0.427. The van der Waals surface area contributed by atoms with Crippen LogP contribution in [-0.2, 0) is 0 Å². The number of halogens is 2. The van der Waals surface area contributed by atoms with Gasteiger partial charge >= 0.3 is 0 Å². The Morgan fingerprint density at radius 3 is 2.92 bits per heavy atom. The van der Waals surface area contributed by atoms with Crippen molar-refractivity contribution < 1.29 is 0 Å². The van der Waals surface area contributed by atoms with E-state index in [1.54, 1.807) is 6.20 Å². The van der Waals surface area contributed by atoms with Gasteiger partial charge in [-0.2, -0.15) is 10.1 Å². The summed E-state index contributed by atoms with van der Waals surface area (Å²) in [5.74, 6) is 0.939. The first-order chi connectivity index (χ1) is 12.2. The maximum absolute atomic E-state index is 6.19. The molecule has 0 aliphatic carbocycles. The summed E-state index contributed by atoms with van der Waals surface area (Å²) in [5.41, 5.74) is 2.56. The summed E-state index contributed by atoms with van der Waals surface area (Å²) in [5, 5.41) is 14.8. The highest BCUT2D eigenvalue weighted by Crippen LogP contribution is 2.27. The largest absolute Gasteiger partial charge is 0.338 e. The summed E-state index contributed by atoms with van der Waals surface area (Å²) in [4.78, 5) is 8.66. The second-order valence-corrected chi connectivity index (χ2v) is 6.35. The quantitative estimate of drug-likeness (QED) is 0.435. The molecule has 0 amide bonds. The van der Waals surface area contributed by atoms with Gasteiger partial charge in [-0.05, 0) is 40.2 Å². The number of aromatic amines is 1. The number of H-pyrrole nitrogens is 1. The fourth-order valence-corrected chi connectivity index (χ4v) is 2.86. The number of hydrogen-bond donors (Lipinski definition) is 3. The van der Waals surface area contributed by atoms with Gasteiger partial charge in [0, 0.05) is 22.8 Å². The number of aromatic nitrogens is 4. The average molecular weight is 415 g/mol. The second-order valence-electron chi connectivity index (χ2n) is 5.19. The smallest absolute Gasteiger partial charge is 0.229 e. The van der Waals surface area contributed by atoms with Crippen LogP contribution in [0.2, 0.25) is 5.02 Å². The first kappa shape index (κ1) is 15.9. The van der Waals surface area contributed by atoms with E-state index in [9.17, 15) is 0 Å². The van der Waals surface area contributed by atoms with E-state index in [0.29, 0.717) is 16.8 Å². The highest BCUT2D eigenvalue weighted by Gasteiger charge is 2.08. The van der Waals surface area contributed by atoms with Crippen LogP contribution in [0.3, 0.4) is 0 Å². The zero-order valence-corrected chi connectivity index (χ0v) is 15.1. The molecule has 0 unspecified atom stereocenters. The van der Waals surface area contributed by atoms with E-state index in [1.165, 1.54) is 0 Å². The fourth-order valence-electron chi connectivity index (χ4n) is 2.30. The molecule has 0 fully saturated rings. The zero-order valence-electron chi connectivity index (χ0n) is 12.7. The molecule has 0 saturated carbocycles. The minimum absolute atomic E-state index is 0.427. The normalized spacial score (nSPS) is 10.8. The van der Waals surface area contributed by atoms with Crippen molar-refractivity contribution in [2.75, 3.05) is 10.6 Å². The molecular weight excluding hydrogens is 404 g/mol. The molecule has 0 spiro atoms. The van der Waals surface area contributed by atoms with Crippen LogP contribution in [0.4, 0.5) is 23.1 Å². The predicted molar refractivity (Wildman–Crippen MR) is 103 cm³/mol. The van der Waals surface area contributed by atoms with E-state index in [-0.39, 0.29) is 0 Å². The van der Waals surface area contributed by atoms with E-state index >= 15 is 0 Å². The van der Waals surface area contributed by atoms with Crippen LogP contribution in [0.5, 0.6) is 0 Å². The van der Waals surface area contributed by atoms with Crippen molar-refractivity contribution in [2.45, 2.75) is 0 Å². The van der Waals surface area contributed by atoms with Gasteiger partial charge in [0.05, 0.1) is 11.7 Å². The van der Waals surface area contributed by atoms with Gasteiger partial charge in [-0.3, -0.25) is 5.10 Å². The van der Waals surface area contributed by atoms with Gasteiger partial charge in [0.15, 0.2) is 5.82 Å². The van der Waals surface area contributed by atoms with Crippen LogP contribution in [-0.4, -0.2) is 20.2 Å². The lowest BCUT2D eigenvalue weighted by Crippen LogP contribution is -2.01. The van der Waals surface area contributed by atoms with E-state index < -0.39 is 0 Å². The SMILES string of the molecule is Clc1cnc(Nc2ccc3[nH]nc(Br)c3c2)nc1Nc1[c]cccc1. The lowest BCUT2D eigenvalue weighted by atomic mass is 10.2. The van der Waals surface area contributed by atoms with Gasteiger partial charge < -0.3 is 10.6 Å². The van der Waals surface area contributed by atoms with Crippen LogP contribution in [0.15, 0.2) is 53.3 Å². The fraction of sp³-hybridized carbons (Fsp3) is 0. The summed E-state index contributed by atoms with van der Waals surface area (Å²) in [6, 6.07) is 16.4. The molecule has 0 atom stereocenters. The molecule has 1 radical (unpaired) electrons. The molecule has 8 heteroatoms. The molecule has 4 aromatic rings. The molecule has 2 aromatic heterocycles. The Kier molecular flexibility index (Phi) is 4.25. The molecular formula is C17H11BrClN6. The molecule has 6 nitrogen and oxygen atoms in total. The van der Waals surface area contributed by atoms with Crippen LogP contribution in [0.25, 0.3) is 10.9 Å². The molecule has 0 bridgehead atoms. The summed E-state index contributed by atoms with van der Waals surface area (Å²) in [7, 11) is 0. The number of rotatable bonds is 4. The van der Waals surface area contributed by atoms with E-state index in [2.05, 4.69) is 52.8 Å². The zero-order chi connectivity index (χ0) is 17.2. The number of nitrogens with zero attached hydrogens (tertiary/aromatic N) is 3. The van der Waals surface area contributed by atoms with Crippen LogP contribution < -0.4 is 10.6 Å². The molecule has 0 aliphatic rings. The molecule has 0 saturated heterocycles. The Bertz CT molecular complexity index is 1030. The number of fused-ring (bicyclic) bond motifs is 1. The Morgan fingerprint density at radius 1 is 1.16 bits per heavy atom. The lowest BCUT2D eigenvalue weighted by molar-refractivity contribution is 1.10. The maximum atomic E-state index is 6.19. The van der Waals surface area contributed by atoms with Crippen molar-refractivity contribution in [2.24, 2.45) is 0 Å². The van der Waals surface area contributed by atoms with Crippen LogP contribution in [0, 0.1) is 6.07 Å². The first-order valence-corrected chi connectivity index (χ1v) is 8.53. The number of para-hydroxylation sites is 1. The third kappa shape index (κ3) is 3.42. The summed E-state index contributed by atoms with van der Waals surface area (Å²) < 4.78 is 0.755. The van der Waals surface area contributed by atoms with Gasteiger partial charge in [-0.15, -0.1) is 0 Å². The first-order valence-electron chi connectivity index (χ1n) is 7.36. The van der Waals surface area contributed by atoms with Crippen molar-refractivity contribution in [1.82, 2.24) is 20.2 Å². The second kappa shape index (κ2) is 6.70. The number of anilines is 4. The van der Waals surface area contributed by atoms with Crippen molar-refractivity contribution in [1.29, 1.82) is 0 Å².